The van der Waals surface area contributed by atoms with Crippen LogP contribution in [0, 0.1) is 16.0 Å². The van der Waals surface area contributed by atoms with E-state index < -0.39 is 0 Å². The number of halogens is 1. The molecule has 2 aliphatic rings. The Bertz CT molecular complexity index is 683. The molecule has 1 aromatic heterocycles. The second-order valence-corrected chi connectivity index (χ2v) is 8.02. The minimum Gasteiger partial charge on any atom is -0.379 e. The summed E-state index contributed by atoms with van der Waals surface area (Å²) in [6.07, 6.45) is 2.16. The van der Waals surface area contributed by atoms with Gasteiger partial charge in [0, 0.05) is 37.2 Å². The van der Waals surface area contributed by atoms with Crippen LogP contribution < -0.4 is 0 Å². The van der Waals surface area contributed by atoms with E-state index in [-0.39, 0.29) is 22.8 Å². The summed E-state index contributed by atoms with van der Waals surface area (Å²) in [6, 6.07) is 0. The maximum Gasteiger partial charge on any atom is 0.289 e. The molecule has 2 aliphatic heterocycles. The molecule has 0 aromatic carbocycles. The molecule has 1 fully saturated rings. The van der Waals surface area contributed by atoms with Crippen LogP contribution >= 0.6 is 22.9 Å². The van der Waals surface area contributed by atoms with E-state index in [0.29, 0.717) is 56.2 Å². The molecule has 2 unspecified atom stereocenters. The molecule has 0 amide bonds. The van der Waals surface area contributed by atoms with Crippen molar-refractivity contribution >= 4 is 22.9 Å². The highest BCUT2D eigenvalue weighted by Gasteiger charge is 2.45. The molecule has 0 saturated carbocycles. The van der Waals surface area contributed by atoms with E-state index in [9.17, 15) is 10.1 Å². The molecule has 26 heavy (non-hydrogen) atoms. The lowest BCUT2D eigenvalue weighted by Gasteiger charge is -2.37. The number of nitrogens with zero attached hydrogens (tertiary/aromatic N) is 4. The highest BCUT2D eigenvalue weighted by Crippen LogP contribution is 2.38. The molecule has 3 heterocycles. The lowest BCUT2D eigenvalue weighted by molar-refractivity contribution is -0.439. The number of rotatable bonds is 8. The predicted octanol–water partition coefficient (Wildman–Crippen LogP) is 2.78. The van der Waals surface area contributed by atoms with Crippen LogP contribution in [-0.4, -0.2) is 58.8 Å². The Morgan fingerprint density at radius 1 is 1.46 bits per heavy atom. The van der Waals surface area contributed by atoms with Gasteiger partial charge < -0.3 is 19.3 Å². The summed E-state index contributed by atoms with van der Waals surface area (Å²) in [7, 11) is 0. The second-order valence-electron chi connectivity index (χ2n) is 6.32. The molecule has 0 spiro atoms. The third-order valence-corrected chi connectivity index (χ3v) is 5.69. The van der Waals surface area contributed by atoms with E-state index in [0.717, 1.165) is 4.88 Å². The van der Waals surface area contributed by atoms with Crippen LogP contribution in [0.5, 0.6) is 0 Å². The maximum atomic E-state index is 11.7. The highest BCUT2D eigenvalue weighted by molar-refractivity contribution is 7.15. The van der Waals surface area contributed by atoms with Gasteiger partial charge in [-0.15, -0.1) is 11.3 Å². The zero-order chi connectivity index (χ0) is 18.7. The second kappa shape index (κ2) is 8.51. The monoisotopic (exact) mass is 402 g/mol. The van der Waals surface area contributed by atoms with Crippen molar-refractivity contribution in [3.63, 3.8) is 0 Å². The summed E-state index contributed by atoms with van der Waals surface area (Å²) in [6.45, 7) is 7.46. The van der Waals surface area contributed by atoms with Crippen LogP contribution in [0.4, 0.5) is 0 Å². The topological polar surface area (TPSA) is 81.0 Å². The molecule has 0 bridgehead atoms. The zero-order valence-electron chi connectivity index (χ0n) is 14.9. The van der Waals surface area contributed by atoms with Gasteiger partial charge in [0.25, 0.3) is 5.70 Å². The molecule has 0 aliphatic carbocycles. The first-order valence-corrected chi connectivity index (χ1v) is 9.90. The number of thiazole rings is 1. The number of fused-ring (bicyclic) bond motifs is 1. The fraction of sp³-hybridized carbons (Fsp3) is 0.688. The molecule has 8 nitrogen and oxygen atoms in total. The van der Waals surface area contributed by atoms with Crippen molar-refractivity contribution in [3.8, 4) is 0 Å². The van der Waals surface area contributed by atoms with Crippen LogP contribution in [0.2, 0.25) is 4.47 Å². The first-order chi connectivity index (χ1) is 12.5. The minimum absolute atomic E-state index is 0.167. The van der Waals surface area contributed by atoms with Gasteiger partial charge in [-0.25, -0.2) is 4.98 Å². The summed E-state index contributed by atoms with van der Waals surface area (Å²) in [5.41, 5.74) is 0.266. The van der Waals surface area contributed by atoms with E-state index in [1.807, 2.05) is 23.6 Å². The van der Waals surface area contributed by atoms with Gasteiger partial charge in [-0.05, 0) is 6.92 Å². The van der Waals surface area contributed by atoms with Crippen molar-refractivity contribution in [3.05, 3.63) is 37.2 Å². The first kappa shape index (κ1) is 19.3. The fourth-order valence-corrected chi connectivity index (χ4v) is 4.47. The van der Waals surface area contributed by atoms with Gasteiger partial charge in [-0.1, -0.05) is 18.5 Å². The molecular formula is C16H23ClN4O4S. The van der Waals surface area contributed by atoms with Crippen LogP contribution in [0.3, 0.4) is 0 Å². The Morgan fingerprint density at radius 3 is 2.92 bits per heavy atom. The number of aromatic nitrogens is 1. The van der Waals surface area contributed by atoms with Gasteiger partial charge in [-0.2, -0.15) is 0 Å². The van der Waals surface area contributed by atoms with Gasteiger partial charge in [0.15, 0.2) is 10.3 Å². The number of nitro groups is 1. The molecule has 0 radical (unpaired) electrons. The van der Waals surface area contributed by atoms with E-state index in [1.165, 1.54) is 11.3 Å². The van der Waals surface area contributed by atoms with Crippen LogP contribution in [0.1, 0.15) is 25.1 Å². The van der Waals surface area contributed by atoms with E-state index in [4.69, 9.17) is 21.1 Å². The van der Waals surface area contributed by atoms with Crippen molar-refractivity contribution in [2.75, 3.05) is 32.9 Å². The van der Waals surface area contributed by atoms with Crippen molar-refractivity contribution < 1.29 is 14.4 Å². The normalized spacial score (nSPS) is 22.9. The van der Waals surface area contributed by atoms with Gasteiger partial charge in [-0.3, -0.25) is 10.1 Å². The quantitative estimate of drug-likeness (QED) is 0.375. The van der Waals surface area contributed by atoms with E-state index in [2.05, 4.69) is 4.98 Å². The Balaban J connectivity index is 1.80. The molecule has 144 valence electrons. The average Bonchev–Trinajstić information content (AvgIpc) is 3.18. The van der Waals surface area contributed by atoms with Crippen LogP contribution in [0.25, 0.3) is 0 Å². The first-order valence-electron chi connectivity index (χ1n) is 8.71. The Labute approximate surface area is 161 Å². The SMILES string of the molecule is CCOCCOC1CC(C)C([N+](=O)[O-])=C2N(Cc3cnc(Cl)s3)CCN21. The lowest BCUT2D eigenvalue weighted by atomic mass is 9.98. The predicted molar refractivity (Wildman–Crippen MR) is 98.3 cm³/mol. The molecule has 2 atom stereocenters. The summed E-state index contributed by atoms with van der Waals surface area (Å²) >= 11 is 7.32. The summed E-state index contributed by atoms with van der Waals surface area (Å²) in [5.74, 6) is 0.485. The van der Waals surface area contributed by atoms with Gasteiger partial charge in [0.2, 0.25) is 0 Å². The third-order valence-electron chi connectivity index (χ3n) is 4.59. The van der Waals surface area contributed by atoms with Crippen molar-refractivity contribution in [2.24, 2.45) is 5.92 Å². The molecule has 3 rings (SSSR count). The zero-order valence-corrected chi connectivity index (χ0v) is 16.5. The molecule has 1 aromatic rings. The van der Waals surface area contributed by atoms with Crippen LogP contribution in [0.15, 0.2) is 17.7 Å². The largest absolute Gasteiger partial charge is 0.379 e. The Hall–Kier alpha value is -1.42. The standard InChI is InChI=1S/C16H23ClN4O4S/c1-3-24-6-7-25-13-8-11(2)14(21(22)23)15-19(4-5-20(13)15)10-12-9-18-16(17)26-12/h9,11,13H,3-8,10H2,1-2H3. The molecule has 1 saturated heterocycles. The van der Waals surface area contributed by atoms with Crippen molar-refractivity contribution in [1.82, 2.24) is 14.8 Å². The summed E-state index contributed by atoms with van der Waals surface area (Å²) in [4.78, 5) is 20.6. The highest BCUT2D eigenvalue weighted by atomic mass is 35.5. The number of hydrogen-bond acceptors (Lipinski definition) is 8. The molecular weight excluding hydrogens is 380 g/mol. The maximum absolute atomic E-state index is 11.7. The van der Waals surface area contributed by atoms with E-state index in [1.54, 1.807) is 6.20 Å². The summed E-state index contributed by atoms with van der Waals surface area (Å²) < 4.78 is 11.8. The number of hydrogen-bond donors (Lipinski definition) is 0. The van der Waals surface area contributed by atoms with Crippen LogP contribution in [-0.2, 0) is 16.0 Å². The number of allylic oxidation sites excluding steroid dienone is 1. The van der Waals surface area contributed by atoms with Gasteiger partial charge in [0.05, 0.1) is 30.6 Å². The molecule has 0 N–H and O–H groups in total. The summed E-state index contributed by atoms with van der Waals surface area (Å²) in [5, 5.41) is 11.7. The fourth-order valence-electron chi connectivity index (χ4n) is 3.48. The van der Waals surface area contributed by atoms with Gasteiger partial charge in [0.1, 0.15) is 6.23 Å². The van der Waals surface area contributed by atoms with Crippen molar-refractivity contribution in [2.45, 2.75) is 33.0 Å². The van der Waals surface area contributed by atoms with E-state index >= 15 is 0 Å². The van der Waals surface area contributed by atoms with Crippen molar-refractivity contribution in [1.29, 1.82) is 0 Å². The third kappa shape index (κ3) is 4.11. The smallest absolute Gasteiger partial charge is 0.289 e. The lowest BCUT2D eigenvalue weighted by Crippen LogP contribution is -2.43. The number of ether oxygens (including phenoxy) is 2. The Kier molecular flexibility index (Phi) is 6.33. The molecule has 10 heteroatoms. The average molecular weight is 403 g/mol. The Morgan fingerprint density at radius 2 is 2.27 bits per heavy atom. The minimum atomic E-state index is -0.249. The van der Waals surface area contributed by atoms with Gasteiger partial charge >= 0.3 is 0 Å².